The van der Waals surface area contributed by atoms with Crippen molar-refractivity contribution in [3.05, 3.63) is 12.2 Å². The smallest absolute Gasteiger partial charge is 0.138 e. The number of aromatic nitrogens is 3. The van der Waals surface area contributed by atoms with Crippen LogP contribution in [-0.2, 0) is 6.42 Å². The van der Waals surface area contributed by atoms with E-state index in [1.807, 2.05) is 4.68 Å². The van der Waals surface area contributed by atoms with Gasteiger partial charge in [0.15, 0.2) is 0 Å². The molecule has 2 N–H and O–H groups in total. The van der Waals surface area contributed by atoms with Gasteiger partial charge in [-0.25, -0.2) is 9.67 Å². The molecule has 1 aromatic rings. The summed E-state index contributed by atoms with van der Waals surface area (Å²) in [5.41, 5.74) is 0. The summed E-state index contributed by atoms with van der Waals surface area (Å²) < 4.78 is 1.87. The van der Waals surface area contributed by atoms with Gasteiger partial charge in [-0.1, -0.05) is 0 Å². The van der Waals surface area contributed by atoms with E-state index in [2.05, 4.69) is 29.2 Å². The molecule has 90 valence electrons. The van der Waals surface area contributed by atoms with Crippen molar-refractivity contribution in [3.8, 4) is 0 Å². The van der Waals surface area contributed by atoms with Gasteiger partial charge in [0.1, 0.15) is 12.2 Å². The van der Waals surface area contributed by atoms with Crippen LogP contribution < -0.4 is 5.32 Å². The van der Waals surface area contributed by atoms with Crippen molar-refractivity contribution < 1.29 is 5.11 Å². The van der Waals surface area contributed by atoms with Crippen molar-refractivity contribution in [2.45, 2.75) is 51.3 Å². The van der Waals surface area contributed by atoms with Crippen LogP contribution in [0.1, 0.15) is 38.6 Å². The summed E-state index contributed by atoms with van der Waals surface area (Å²) in [4.78, 5) is 4.21. The number of aliphatic hydroxyl groups is 1. The van der Waals surface area contributed by atoms with E-state index in [1.54, 1.807) is 6.33 Å². The Morgan fingerprint density at radius 2 is 2.44 bits per heavy atom. The van der Waals surface area contributed by atoms with Gasteiger partial charge in [0.25, 0.3) is 0 Å². The first-order valence-corrected chi connectivity index (χ1v) is 5.98. The second kappa shape index (κ2) is 4.93. The average Bonchev–Trinajstić information content (AvgIpc) is 2.86. The molecule has 0 aromatic carbocycles. The van der Waals surface area contributed by atoms with Gasteiger partial charge < -0.3 is 10.4 Å². The second-order valence-electron chi connectivity index (χ2n) is 4.69. The zero-order chi connectivity index (χ0) is 11.5. The molecule has 2 heterocycles. The van der Waals surface area contributed by atoms with Crippen LogP contribution in [0.3, 0.4) is 0 Å². The molecule has 0 radical (unpaired) electrons. The Morgan fingerprint density at radius 1 is 1.62 bits per heavy atom. The van der Waals surface area contributed by atoms with Gasteiger partial charge >= 0.3 is 0 Å². The number of nitrogens with zero attached hydrogens (tertiary/aromatic N) is 3. The Hall–Kier alpha value is -0.940. The Kier molecular flexibility index (Phi) is 3.56. The van der Waals surface area contributed by atoms with Crippen molar-refractivity contribution in [1.29, 1.82) is 0 Å². The zero-order valence-electron chi connectivity index (χ0n) is 9.93. The molecule has 2 unspecified atom stereocenters. The maximum Gasteiger partial charge on any atom is 0.138 e. The van der Waals surface area contributed by atoms with Crippen LogP contribution in [0.2, 0.25) is 0 Å². The molecule has 1 aromatic heterocycles. The number of rotatable bonds is 4. The van der Waals surface area contributed by atoms with Crippen LogP contribution in [0.5, 0.6) is 0 Å². The minimum atomic E-state index is -0.357. The van der Waals surface area contributed by atoms with E-state index in [0.717, 1.165) is 25.2 Å². The third-order valence-electron chi connectivity index (χ3n) is 3.09. The topological polar surface area (TPSA) is 63.0 Å². The lowest BCUT2D eigenvalue weighted by atomic mass is 10.1. The van der Waals surface area contributed by atoms with Gasteiger partial charge in [-0.05, 0) is 33.2 Å². The SMILES string of the molecule is CC(C)n1ncnc1CC(O)C1CCCN1. The molecule has 1 fully saturated rings. The summed E-state index contributed by atoms with van der Waals surface area (Å²) in [7, 11) is 0. The largest absolute Gasteiger partial charge is 0.391 e. The molecule has 1 saturated heterocycles. The lowest BCUT2D eigenvalue weighted by Gasteiger charge is -2.18. The quantitative estimate of drug-likeness (QED) is 0.782. The lowest BCUT2D eigenvalue weighted by molar-refractivity contribution is 0.132. The molecule has 0 saturated carbocycles. The highest BCUT2D eigenvalue weighted by Crippen LogP contribution is 2.14. The van der Waals surface area contributed by atoms with E-state index in [-0.39, 0.29) is 12.1 Å². The van der Waals surface area contributed by atoms with Crippen molar-refractivity contribution in [3.63, 3.8) is 0 Å². The van der Waals surface area contributed by atoms with E-state index in [9.17, 15) is 5.11 Å². The standard InChI is InChI=1S/C11H20N4O/c1-8(2)15-11(13-7-14-15)6-10(16)9-4-3-5-12-9/h7-10,12,16H,3-6H2,1-2H3. The molecular formula is C11H20N4O. The number of hydrogen-bond donors (Lipinski definition) is 2. The molecule has 0 amide bonds. The van der Waals surface area contributed by atoms with E-state index < -0.39 is 0 Å². The normalized spacial score (nSPS) is 22.9. The highest BCUT2D eigenvalue weighted by molar-refractivity contribution is 4.93. The van der Waals surface area contributed by atoms with E-state index >= 15 is 0 Å². The predicted molar refractivity (Wildman–Crippen MR) is 61.1 cm³/mol. The molecular weight excluding hydrogens is 204 g/mol. The highest BCUT2D eigenvalue weighted by atomic mass is 16.3. The van der Waals surface area contributed by atoms with Gasteiger partial charge in [0, 0.05) is 18.5 Å². The van der Waals surface area contributed by atoms with Crippen molar-refractivity contribution in [2.24, 2.45) is 0 Å². The molecule has 0 aliphatic carbocycles. The van der Waals surface area contributed by atoms with Crippen LogP contribution in [0.4, 0.5) is 0 Å². The fourth-order valence-electron chi connectivity index (χ4n) is 2.22. The molecule has 1 aliphatic heterocycles. The van der Waals surface area contributed by atoms with Crippen molar-refractivity contribution >= 4 is 0 Å². The Balaban J connectivity index is 1.99. The monoisotopic (exact) mass is 224 g/mol. The van der Waals surface area contributed by atoms with Crippen molar-refractivity contribution in [2.75, 3.05) is 6.54 Å². The van der Waals surface area contributed by atoms with Gasteiger partial charge in [-0.15, -0.1) is 0 Å². The summed E-state index contributed by atoms with van der Waals surface area (Å²) in [5.74, 6) is 0.871. The van der Waals surface area contributed by atoms with Gasteiger partial charge in [0.05, 0.1) is 6.10 Å². The first-order valence-electron chi connectivity index (χ1n) is 5.98. The van der Waals surface area contributed by atoms with Crippen LogP contribution in [-0.4, -0.2) is 38.6 Å². The third kappa shape index (κ3) is 2.41. The second-order valence-corrected chi connectivity index (χ2v) is 4.69. The highest BCUT2D eigenvalue weighted by Gasteiger charge is 2.24. The fourth-order valence-corrected chi connectivity index (χ4v) is 2.22. The summed E-state index contributed by atoms with van der Waals surface area (Å²) in [5, 5.41) is 17.6. The molecule has 0 spiro atoms. The summed E-state index contributed by atoms with van der Waals surface area (Å²) >= 11 is 0. The lowest BCUT2D eigenvalue weighted by Crippen LogP contribution is -2.36. The molecule has 5 nitrogen and oxygen atoms in total. The maximum absolute atomic E-state index is 10.1. The number of hydrogen-bond acceptors (Lipinski definition) is 4. The van der Waals surface area contributed by atoms with Gasteiger partial charge in [0.2, 0.25) is 0 Å². The summed E-state index contributed by atoms with van der Waals surface area (Å²) in [6, 6.07) is 0.513. The summed E-state index contributed by atoms with van der Waals surface area (Å²) in [6.45, 7) is 5.15. The predicted octanol–water partition coefficient (Wildman–Crippen LogP) is 0.514. The molecule has 16 heavy (non-hydrogen) atoms. The molecule has 0 bridgehead atoms. The zero-order valence-corrected chi connectivity index (χ0v) is 9.93. The van der Waals surface area contributed by atoms with Crippen molar-refractivity contribution in [1.82, 2.24) is 20.1 Å². The molecule has 1 aliphatic rings. The summed E-state index contributed by atoms with van der Waals surface area (Å²) in [6.07, 6.45) is 3.99. The maximum atomic E-state index is 10.1. The van der Waals surface area contributed by atoms with E-state index in [4.69, 9.17) is 0 Å². The van der Waals surface area contributed by atoms with Crippen LogP contribution >= 0.6 is 0 Å². The fraction of sp³-hybridized carbons (Fsp3) is 0.818. The minimum Gasteiger partial charge on any atom is -0.391 e. The molecule has 5 heteroatoms. The van der Waals surface area contributed by atoms with Gasteiger partial charge in [-0.3, -0.25) is 0 Å². The minimum absolute atomic E-state index is 0.220. The van der Waals surface area contributed by atoms with Gasteiger partial charge in [-0.2, -0.15) is 5.10 Å². The van der Waals surface area contributed by atoms with Crippen LogP contribution in [0.15, 0.2) is 6.33 Å². The van der Waals surface area contributed by atoms with E-state index in [0.29, 0.717) is 12.5 Å². The number of nitrogens with one attached hydrogen (secondary N) is 1. The number of aliphatic hydroxyl groups excluding tert-OH is 1. The molecule has 2 rings (SSSR count). The van der Waals surface area contributed by atoms with E-state index in [1.165, 1.54) is 0 Å². The first-order chi connectivity index (χ1) is 7.68. The van der Waals surface area contributed by atoms with Crippen LogP contribution in [0.25, 0.3) is 0 Å². The average molecular weight is 224 g/mol. The Labute approximate surface area is 95.9 Å². The molecule has 2 atom stereocenters. The Morgan fingerprint density at radius 3 is 3.06 bits per heavy atom. The third-order valence-corrected chi connectivity index (χ3v) is 3.09. The Bertz CT molecular complexity index is 330. The van der Waals surface area contributed by atoms with Crippen LogP contribution in [0, 0.1) is 0 Å². The first kappa shape index (κ1) is 11.5.